The lowest BCUT2D eigenvalue weighted by atomic mass is 9.98. The summed E-state index contributed by atoms with van der Waals surface area (Å²) in [6.07, 6.45) is 6.92. The third-order valence-electron chi connectivity index (χ3n) is 3.17. The maximum Gasteiger partial charge on any atom is 0.255 e. The van der Waals surface area contributed by atoms with Crippen LogP contribution in [-0.2, 0) is 0 Å². The Labute approximate surface area is 128 Å². The molecule has 0 amide bonds. The predicted molar refractivity (Wildman–Crippen MR) is 83.1 cm³/mol. The lowest BCUT2D eigenvalue weighted by Gasteiger charge is -2.14. The number of ether oxygens (including phenoxy) is 1. The van der Waals surface area contributed by atoms with E-state index >= 15 is 0 Å². The van der Waals surface area contributed by atoms with Gasteiger partial charge < -0.3 is 21.5 Å². The van der Waals surface area contributed by atoms with E-state index in [1.54, 1.807) is 0 Å². The molecule has 1 aromatic rings. The molecule has 0 bridgehead atoms. The number of allylic oxidation sites excluding steroid dienone is 2. The van der Waals surface area contributed by atoms with Gasteiger partial charge in [0.15, 0.2) is 5.96 Å². The van der Waals surface area contributed by atoms with Crippen molar-refractivity contribution < 1.29 is 9.13 Å². The van der Waals surface area contributed by atoms with Crippen LogP contribution >= 0.6 is 0 Å². The SMILES string of the molecule is COc1nc(NCC2=CC=C(CN=C(N)N)CC2)ncc1F. The highest BCUT2D eigenvalue weighted by atomic mass is 19.1. The molecule has 118 valence electrons. The molecule has 1 aliphatic carbocycles. The molecule has 0 atom stereocenters. The second-order valence-electron chi connectivity index (χ2n) is 4.80. The number of nitrogens with one attached hydrogen (secondary N) is 1. The summed E-state index contributed by atoms with van der Waals surface area (Å²) in [5, 5.41) is 3.05. The smallest absolute Gasteiger partial charge is 0.255 e. The van der Waals surface area contributed by atoms with Crippen LogP contribution in [-0.4, -0.2) is 36.1 Å². The van der Waals surface area contributed by atoms with Crippen LogP contribution in [0.15, 0.2) is 34.5 Å². The van der Waals surface area contributed by atoms with E-state index < -0.39 is 5.82 Å². The first-order valence-electron chi connectivity index (χ1n) is 6.81. The number of anilines is 1. The van der Waals surface area contributed by atoms with Gasteiger partial charge in [-0.15, -0.1) is 0 Å². The molecule has 0 saturated heterocycles. The lowest BCUT2D eigenvalue weighted by Crippen LogP contribution is -2.23. The zero-order valence-electron chi connectivity index (χ0n) is 12.3. The van der Waals surface area contributed by atoms with Gasteiger partial charge in [-0.25, -0.2) is 9.98 Å². The van der Waals surface area contributed by atoms with E-state index in [0.717, 1.165) is 19.0 Å². The van der Waals surface area contributed by atoms with Crippen molar-refractivity contribution in [3.05, 3.63) is 35.3 Å². The fourth-order valence-electron chi connectivity index (χ4n) is 1.97. The maximum absolute atomic E-state index is 13.2. The van der Waals surface area contributed by atoms with Crippen molar-refractivity contribution >= 4 is 11.9 Å². The summed E-state index contributed by atoms with van der Waals surface area (Å²) in [7, 11) is 1.36. The quantitative estimate of drug-likeness (QED) is 0.533. The second-order valence-corrected chi connectivity index (χ2v) is 4.80. The number of methoxy groups -OCH3 is 1. The van der Waals surface area contributed by atoms with Crippen molar-refractivity contribution in [2.45, 2.75) is 12.8 Å². The Morgan fingerprint density at radius 3 is 2.73 bits per heavy atom. The molecule has 0 fully saturated rings. The largest absolute Gasteiger partial charge is 0.479 e. The van der Waals surface area contributed by atoms with Crippen molar-refractivity contribution in [2.24, 2.45) is 16.5 Å². The van der Waals surface area contributed by atoms with Gasteiger partial charge in [-0.05, 0) is 18.4 Å². The average molecular weight is 306 g/mol. The molecule has 1 heterocycles. The molecular weight excluding hydrogens is 287 g/mol. The van der Waals surface area contributed by atoms with Gasteiger partial charge in [-0.1, -0.05) is 17.7 Å². The van der Waals surface area contributed by atoms with E-state index in [1.807, 2.05) is 12.2 Å². The van der Waals surface area contributed by atoms with Crippen LogP contribution in [0.2, 0.25) is 0 Å². The first kappa shape index (κ1) is 15.7. The maximum atomic E-state index is 13.2. The predicted octanol–water partition coefficient (Wildman–Crippen LogP) is 0.956. The lowest BCUT2D eigenvalue weighted by molar-refractivity contribution is 0.368. The Morgan fingerprint density at radius 1 is 1.36 bits per heavy atom. The summed E-state index contributed by atoms with van der Waals surface area (Å²) in [6, 6.07) is 0. The minimum atomic E-state index is -0.586. The number of guanidine groups is 1. The summed E-state index contributed by atoms with van der Waals surface area (Å²) in [6.45, 7) is 1.11. The Bertz CT molecular complexity index is 622. The third-order valence-corrected chi connectivity index (χ3v) is 3.17. The van der Waals surface area contributed by atoms with Gasteiger partial charge in [0.05, 0.1) is 19.9 Å². The summed E-state index contributed by atoms with van der Waals surface area (Å²) in [5.41, 5.74) is 13.0. The second kappa shape index (κ2) is 7.39. The number of nitrogens with two attached hydrogens (primary N) is 2. The van der Waals surface area contributed by atoms with E-state index in [9.17, 15) is 4.39 Å². The number of rotatable bonds is 6. The first-order chi connectivity index (χ1) is 10.6. The summed E-state index contributed by atoms with van der Waals surface area (Å²) < 4.78 is 18.0. The van der Waals surface area contributed by atoms with Gasteiger partial charge in [0, 0.05) is 6.54 Å². The molecule has 0 saturated carbocycles. The van der Waals surface area contributed by atoms with Crippen molar-refractivity contribution in [1.82, 2.24) is 9.97 Å². The minimum Gasteiger partial charge on any atom is -0.479 e. The Hall–Kier alpha value is -2.64. The molecule has 0 unspecified atom stereocenters. The molecule has 0 radical (unpaired) electrons. The summed E-state index contributed by atoms with van der Waals surface area (Å²) in [5.74, 6) is -0.235. The minimum absolute atomic E-state index is 0.0745. The molecule has 7 nitrogen and oxygen atoms in total. The van der Waals surface area contributed by atoms with Crippen LogP contribution in [0.5, 0.6) is 5.88 Å². The van der Waals surface area contributed by atoms with Crippen LogP contribution in [0.3, 0.4) is 0 Å². The van der Waals surface area contributed by atoms with Crippen LogP contribution in [0, 0.1) is 5.82 Å². The number of hydrogen-bond donors (Lipinski definition) is 3. The highest BCUT2D eigenvalue weighted by molar-refractivity contribution is 5.75. The monoisotopic (exact) mass is 306 g/mol. The Balaban J connectivity index is 1.91. The topological polar surface area (TPSA) is 111 Å². The highest BCUT2D eigenvalue weighted by Crippen LogP contribution is 2.19. The molecular formula is C14H19FN6O. The van der Waals surface area contributed by atoms with Gasteiger partial charge in [0.2, 0.25) is 11.8 Å². The number of aromatic nitrogens is 2. The average Bonchev–Trinajstić information content (AvgIpc) is 2.53. The normalized spacial score (nSPS) is 13.9. The number of hydrogen-bond acceptors (Lipinski definition) is 5. The molecule has 22 heavy (non-hydrogen) atoms. The fraction of sp³-hybridized carbons (Fsp3) is 0.357. The van der Waals surface area contributed by atoms with Crippen LogP contribution in [0.25, 0.3) is 0 Å². The van der Waals surface area contributed by atoms with Gasteiger partial charge >= 0.3 is 0 Å². The molecule has 1 aliphatic rings. The van der Waals surface area contributed by atoms with E-state index in [4.69, 9.17) is 16.2 Å². The van der Waals surface area contributed by atoms with Crippen molar-refractivity contribution in [1.29, 1.82) is 0 Å². The van der Waals surface area contributed by atoms with Gasteiger partial charge in [0.25, 0.3) is 5.88 Å². The standard InChI is InChI=1S/C14H19FN6O/c1-22-12-11(15)8-20-14(21-12)19-7-10-4-2-9(3-5-10)6-18-13(16)17/h2,4,8H,3,5-7H2,1H3,(H4,16,17,18)(H,19,20,21). The van der Waals surface area contributed by atoms with Crippen LogP contribution < -0.4 is 21.5 Å². The zero-order valence-corrected chi connectivity index (χ0v) is 12.3. The van der Waals surface area contributed by atoms with Crippen molar-refractivity contribution in [2.75, 3.05) is 25.5 Å². The van der Waals surface area contributed by atoms with Gasteiger partial charge in [-0.2, -0.15) is 9.37 Å². The summed E-state index contributed by atoms with van der Waals surface area (Å²) in [4.78, 5) is 11.8. The Morgan fingerprint density at radius 2 is 2.09 bits per heavy atom. The highest BCUT2D eigenvalue weighted by Gasteiger charge is 2.09. The first-order valence-corrected chi connectivity index (χ1v) is 6.81. The molecule has 0 spiro atoms. The molecule has 5 N–H and O–H groups in total. The van der Waals surface area contributed by atoms with Gasteiger partial charge in [-0.3, -0.25) is 0 Å². The van der Waals surface area contributed by atoms with Crippen LogP contribution in [0.4, 0.5) is 10.3 Å². The zero-order chi connectivity index (χ0) is 15.9. The van der Waals surface area contributed by atoms with Gasteiger partial charge in [0.1, 0.15) is 0 Å². The molecule has 1 aromatic heterocycles. The Kier molecular flexibility index (Phi) is 5.29. The van der Waals surface area contributed by atoms with Crippen LogP contribution in [0.1, 0.15) is 12.8 Å². The molecule has 2 rings (SSSR count). The molecule has 0 aromatic carbocycles. The fourth-order valence-corrected chi connectivity index (χ4v) is 1.97. The number of nitrogens with zero attached hydrogens (tertiary/aromatic N) is 3. The molecule has 8 heteroatoms. The molecule has 0 aliphatic heterocycles. The number of halogens is 1. The third kappa shape index (κ3) is 4.44. The number of aliphatic imine (C=N–C) groups is 1. The van der Waals surface area contributed by atoms with E-state index in [1.165, 1.54) is 18.3 Å². The van der Waals surface area contributed by atoms with E-state index in [-0.39, 0.29) is 11.8 Å². The van der Waals surface area contributed by atoms with Crippen molar-refractivity contribution in [3.63, 3.8) is 0 Å². The summed E-state index contributed by atoms with van der Waals surface area (Å²) >= 11 is 0. The van der Waals surface area contributed by atoms with Crippen molar-refractivity contribution in [3.8, 4) is 5.88 Å². The van der Waals surface area contributed by atoms with E-state index in [0.29, 0.717) is 19.0 Å². The van der Waals surface area contributed by atoms with E-state index in [2.05, 4.69) is 20.3 Å².